The summed E-state index contributed by atoms with van der Waals surface area (Å²) in [5.74, 6) is 0.648. The third-order valence-electron chi connectivity index (χ3n) is 11.4. The molecule has 2 heterocycles. The number of nitrogens with zero attached hydrogens (tertiary/aromatic N) is 3. The topological polar surface area (TPSA) is 34.2 Å². The monoisotopic (exact) mass is 693 g/mol. The summed E-state index contributed by atoms with van der Waals surface area (Å²) in [6.07, 6.45) is 0. The van der Waals surface area contributed by atoms with E-state index in [1.54, 1.807) is 0 Å². The van der Waals surface area contributed by atoms with E-state index in [2.05, 4.69) is 169 Å². The number of rotatable bonds is 5. The minimum Gasteiger partial charge on any atom is -0.435 e. The summed E-state index contributed by atoms with van der Waals surface area (Å²) in [6.45, 7) is 4.70. The smallest absolute Gasteiger partial charge is 0.227 e. The average molecular weight is 694 g/mol. The number of hydrogen-bond donors (Lipinski definition) is 0. The Morgan fingerprint density at radius 1 is 0.519 bits per heavy atom. The van der Waals surface area contributed by atoms with Crippen LogP contribution in [-0.4, -0.2) is 9.55 Å². The maximum atomic E-state index is 6.49. The Morgan fingerprint density at radius 3 is 2.00 bits per heavy atom. The van der Waals surface area contributed by atoms with Gasteiger partial charge in [0.15, 0.2) is 5.58 Å². The van der Waals surface area contributed by atoms with Crippen LogP contribution in [0.4, 0.5) is 17.1 Å². The molecule has 1 aliphatic rings. The van der Waals surface area contributed by atoms with E-state index in [9.17, 15) is 0 Å². The second-order valence-electron chi connectivity index (χ2n) is 14.8. The molecular formula is C50H35N3O. The first-order valence-electron chi connectivity index (χ1n) is 18.6. The van der Waals surface area contributed by atoms with Gasteiger partial charge in [0.2, 0.25) is 5.89 Å². The second kappa shape index (κ2) is 11.5. The van der Waals surface area contributed by atoms with Gasteiger partial charge in [0.1, 0.15) is 5.52 Å². The van der Waals surface area contributed by atoms with Crippen LogP contribution in [0, 0.1) is 0 Å². The van der Waals surface area contributed by atoms with Gasteiger partial charge < -0.3 is 13.9 Å². The van der Waals surface area contributed by atoms with Crippen LogP contribution in [-0.2, 0) is 5.41 Å². The summed E-state index contributed by atoms with van der Waals surface area (Å²) in [6, 6.07) is 63.0. The third kappa shape index (κ3) is 4.47. The minimum absolute atomic E-state index is 0.214. The van der Waals surface area contributed by atoms with Gasteiger partial charge >= 0.3 is 0 Å². The molecule has 0 aliphatic heterocycles. The third-order valence-corrected chi connectivity index (χ3v) is 11.4. The Bertz CT molecular complexity index is 3070. The fourth-order valence-electron chi connectivity index (χ4n) is 8.95. The van der Waals surface area contributed by atoms with Crippen molar-refractivity contribution in [2.75, 3.05) is 4.90 Å². The van der Waals surface area contributed by atoms with Gasteiger partial charge in [-0.1, -0.05) is 105 Å². The van der Waals surface area contributed by atoms with Crippen LogP contribution in [0.1, 0.15) is 25.0 Å². The van der Waals surface area contributed by atoms with E-state index in [-0.39, 0.29) is 5.41 Å². The molecule has 0 amide bonds. The fourth-order valence-corrected chi connectivity index (χ4v) is 8.95. The van der Waals surface area contributed by atoms with Crippen molar-refractivity contribution in [1.82, 2.24) is 9.55 Å². The molecule has 4 heteroatoms. The number of anilines is 3. The Balaban J connectivity index is 1.08. The Kier molecular flexibility index (Phi) is 6.56. The van der Waals surface area contributed by atoms with Gasteiger partial charge in [0.25, 0.3) is 0 Å². The molecule has 0 atom stereocenters. The molecule has 0 fully saturated rings. The average Bonchev–Trinajstić information content (AvgIpc) is 3.88. The van der Waals surface area contributed by atoms with Crippen LogP contribution in [0.25, 0.3) is 71.9 Å². The lowest BCUT2D eigenvalue weighted by Crippen LogP contribution is -2.16. The summed E-state index contributed by atoms with van der Waals surface area (Å²) in [5, 5.41) is 4.76. The zero-order chi connectivity index (χ0) is 36.0. The molecule has 10 aromatic rings. The van der Waals surface area contributed by atoms with Crippen LogP contribution < -0.4 is 4.90 Å². The molecule has 0 saturated carbocycles. The SMILES string of the molecule is CC1(C)c2ccc(N(c3ccccc3)c3ccc4c(c3)c3ccccc3n4-c3ccccc3)cc2-c2ccc3c(ccc4nc(-c5ccccc5)oc43)c21. The van der Waals surface area contributed by atoms with E-state index in [0.29, 0.717) is 5.89 Å². The molecular weight excluding hydrogens is 659 g/mol. The Hall–Kier alpha value is -6.91. The molecule has 256 valence electrons. The number of hydrogen-bond acceptors (Lipinski definition) is 3. The molecule has 0 bridgehead atoms. The molecule has 0 spiro atoms. The molecule has 8 aromatic carbocycles. The first-order valence-corrected chi connectivity index (χ1v) is 18.6. The van der Waals surface area contributed by atoms with Crippen molar-refractivity contribution in [2.45, 2.75) is 19.3 Å². The molecule has 4 nitrogen and oxygen atoms in total. The molecule has 54 heavy (non-hydrogen) atoms. The molecule has 0 N–H and O–H groups in total. The maximum Gasteiger partial charge on any atom is 0.227 e. The van der Waals surface area contributed by atoms with Crippen molar-refractivity contribution >= 4 is 60.7 Å². The van der Waals surface area contributed by atoms with Gasteiger partial charge in [0, 0.05) is 49.9 Å². The summed E-state index contributed by atoms with van der Waals surface area (Å²) < 4.78 is 8.86. The predicted octanol–water partition coefficient (Wildman–Crippen LogP) is 13.5. The number of para-hydroxylation sites is 3. The van der Waals surface area contributed by atoms with E-state index in [4.69, 9.17) is 9.40 Å². The van der Waals surface area contributed by atoms with Crippen molar-refractivity contribution in [2.24, 2.45) is 0 Å². The standard InChI is InChI=1S/C50H35N3O/c1-50(2)43-27-22-35(30-41(43)39-24-25-40-38(47(39)50)26-28-44-48(40)54-49(51-44)32-14-6-3-7-15-32)52(33-16-8-4-9-17-33)36-23-29-46-42(31-36)37-20-12-13-21-45(37)53(46)34-18-10-5-11-19-34/h3-31H,1-2H3. The van der Waals surface area contributed by atoms with Crippen molar-refractivity contribution in [1.29, 1.82) is 0 Å². The number of benzene rings is 8. The highest BCUT2D eigenvalue weighted by atomic mass is 16.3. The van der Waals surface area contributed by atoms with Crippen LogP contribution in [0.15, 0.2) is 180 Å². The maximum absolute atomic E-state index is 6.49. The van der Waals surface area contributed by atoms with Crippen LogP contribution in [0.3, 0.4) is 0 Å². The highest BCUT2D eigenvalue weighted by molar-refractivity contribution is 6.11. The number of fused-ring (bicyclic) bond motifs is 10. The normalized spacial score (nSPS) is 13.1. The number of oxazole rings is 1. The summed E-state index contributed by atoms with van der Waals surface area (Å²) in [4.78, 5) is 7.26. The lowest BCUT2D eigenvalue weighted by atomic mass is 9.80. The highest BCUT2D eigenvalue weighted by Crippen LogP contribution is 2.53. The quantitative estimate of drug-likeness (QED) is 0.180. The Labute approximate surface area is 313 Å². The molecule has 0 saturated heterocycles. The molecule has 2 aromatic heterocycles. The van der Waals surface area contributed by atoms with Gasteiger partial charge in [-0.15, -0.1) is 0 Å². The summed E-state index contributed by atoms with van der Waals surface area (Å²) >= 11 is 0. The van der Waals surface area contributed by atoms with E-state index in [1.165, 1.54) is 49.4 Å². The van der Waals surface area contributed by atoms with Gasteiger partial charge in [-0.05, 0) is 113 Å². The van der Waals surface area contributed by atoms with Gasteiger partial charge in [-0.25, -0.2) is 4.98 Å². The molecule has 1 aliphatic carbocycles. The largest absolute Gasteiger partial charge is 0.435 e. The van der Waals surface area contributed by atoms with Gasteiger partial charge in [-0.2, -0.15) is 0 Å². The van der Waals surface area contributed by atoms with Gasteiger partial charge in [0.05, 0.1) is 11.0 Å². The lowest BCUT2D eigenvalue weighted by molar-refractivity contribution is 0.623. The lowest BCUT2D eigenvalue weighted by Gasteiger charge is -2.27. The molecule has 11 rings (SSSR count). The Morgan fingerprint density at radius 2 is 1.19 bits per heavy atom. The second-order valence-corrected chi connectivity index (χ2v) is 14.8. The zero-order valence-electron chi connectivity index (χ0n) is 30.0. The molecule has 0 unspecified atom stereocenters. The highest BCUT2D eigenvalue weighted by Gasteiger charge is 2.38. The fraction of sp³-hybridized carbons (Fsp3) is 0.0600. The van der Waals surface area contributed by atoms with Gasteiger partial charge in [-0.3, -0.25) is 0 Å². The van der Waals surface area contributed by atoms with Crippen molar-refractivity contribution in [3.8, 4) is 28.3 Å². The van der Waals surface area contributed by atoms with E-state index in [0.717, 1.165) is 44.8 Å². The zero-order valence-corrected chi connectivity index (χ0v) is 30.0. The first-order chi connectivity index (χ1) is 26.5. The van der Waals surface area contributed by atoms with E-state index < -0.39 is 0 Å². The van der Waals surface area contributed by atoms with Crippen molar-refractivity contribution in [3.63, 3.8) is 0 Å². The predicted molar refractivity (Wildman–Crippen MR) is 224 cm³/mol. The minimum atomic E-state index is -0.214. The molecule has 0 radical (unpaired) electrons. The number of aromatic nitrogens is 2. The van der Waals surface area contributed by atoms with Crippen LogP contribution >= 0.6 is 0 Å². The van der Waals surface area contributed by atoms with Crippen molar-refractivity contribution < 1.29 is 4.42 Å². The van der Waals surface area contributed by atoms with Crippen molar-refractivity contribution in [3.05, 3.63) is 187 Å². The summed E-state index contributed by atoms with van der Waals surface area (Å²) in [5.41, 5.74) is 14.5. The van der Waals surface area contributed by atoms with Crippen LogP contribution in [0.2, 0.25) is 0 Å². The van der Waals surface area contributed by atoms with Crippen LogP contribution in [0.5, 0.6) is 0 Å². The first kappa shape index (κ1) is 30.7. The summed E-state index contributed by atoms with van der Waals surface area (Å²) in [7, 11) is 0. The van der Waals surface area contributed by atoms with E-state index >= 15 is 0 Å². The van der Waals surface area contributed by atoms with E-state index in [1.807, 2.05) is 30.3 Å².